The molecule has 1 aliphatic rings. The van der Waals surface area contributed by atoms with Gasteiger partial charge < -0.3 is 22.9 Å². The van der Waals surface area contributed by atoms with Crippen LogP contribution in [0.15, 0.2) is 86.3 Å². The molecule has 0 atom stereocenters. The maximum atomic E-state index is 6.12. The number of allylic oxidation sites excluding steroid dienone is 1. The van der Waals surface area contributed by atoms with Gasteiger partial charge in [-0.15, -0.1) is 0 Å². The van der Waals surface area contributed by atoms with Crippen molar-refractivity contribution in [2.24, 2.45) is 12.0 Å². The molecular weight excluding hydrogens is 428 g/mol. The van der Waals surface area contributed by atoms with Crippen LogP contribution >= 0.6 is 0 Å². The number of hydrogen-bond donors (Lipinski definition) is 0. The summed E-state index contributed by atoms with van der Waals surface area (Å²) in [5.74, 6) is 3.24. The second-order valence-electron chi connectivity index (χ2n) is 8.13. The van der Waals surface area contributed by atoms with Gasteiger partial charge in [-0.2, -0.15) is 0 Å². The molecular formula is C28H22N2O4. The molecule has 6 rings (SSSR count). The van der Waals surface area contributed by atoms with Crippen molar-refractivity contribution in [2.45, 2.75) is 0 Å². The lowest BCUT2D eigenvalue weighted by atomic mass is 10.2. The van der Waals surface area contributed by atoms with Crippen molar-refractivity contribution < 1.29 is 18.3 Å². The van der Waals surface area contributed by atoms with E-state index in [9.17, 15) is 0 Å². The third-order valence-corrected chi connectivity index (χ3v) is 6.08. The Morgan fingerprint density at radius 3 is 1.97 bits per heavy atom. The Hall–Kier alpha value is -4.45. The third kappa shape index (κ3) is 3.40. The number of hydrogen-bond acceptors (Lipinski definition) is 5. The van der Waals surface area contributed by atoms with Crippen LogP contribution in [-0.2, 0) is 7.05 Å². The summed E-state index contributed by atoms with van der Waals surface area (Å²) in [6.07, 6.45) is 3.99. The fraction of sp³-hybridized carbons (Fsp3) is 0.107. The van der Waals surface area contributed by atoms with Gasteiger partial charge in [-0.05, 0) is 54.6 Å². The SMILES string of the molecule is COc1ccc(-c2cc3c(o2)=C/C(=C/c2cc4oc(-c5ccc(OC)cc5)cc4n2C)N=3)cc1. The van der Waals surface area contributed by atoms with E-state index in [1.807, 2.05) is 79.9 Å². The molecule has 0 unspecified atom stereocenters. The zero-order valence-corrected chi connectivity index (χ0v) is 19.0. The van der Waals surface area contributed by atoms with Crippen molar-refractivity contribution in [3.8, 4) is 34.1 Å². The number of aryl methyl sites for hydroxylation is 1. The smallest absolute Gasteiger partial charge is 0.155 e. The van der Waals surface area contributed by atoms with Gasteiger partial charge in [-0.3, -0.25) is 0 Å². The van der Waals surface area contributed by atoms with E-state index in [0.29, 0.717) is 0 Å². The number of nitrogens with zero attached hydrogens (tertiary/aromatic N) is 2. The van der Waals surface area contributed by atoms with Crippen LogP contribution in [-0.4, -0.2) is 18.8 Å². The Bertz CT molecular complexity index is 1630. The first kappa shape index (κ1) is 20.2. The minimum Gasteiger partial charge on any atom is -0.497 e. The molecule has 5 aromatic rings. The molecule has 0 saturated carbocycles. The minimum atomic E-state index is 0.761. The van der Waals surface area contributed by atoms with Crippen LogP contribution in [0.25, 0.3) is 45.9 Å². The van der Waals surface area contributed by atoms with Crippen molar-refractivity contribution in [1.82, 2.24) is 4.57 Å². The van der Waals surface area contributed by atoms with Crippen LogP contribution in [0.4, 0.5) is 0 Å². The number of methoxy groups -OCH3 is 2. The van der Waals surface area contributed by atoms with Crippen LogP contribution < -0.4 is 20.2 Å². The van der Waals surface area contributed by atoms with Crippen molar-refractivity contribution in [2.75, 3.05) is 14.2 Å². The van der Waals surface area contributed by atoms with Gasteiger partial charge in [-0.25, -0.2) is 4.99 Å². The second-order valence-corrected chi connectivity index (χ2v) is 8.13. The molecule has 2 aromatic carbocycles. The standard InChI is InChI=1S/C28H22N2O4/c1-30-20(14-28-24(30)16-26(34-28)18-6-10-22(32-3)11-7-18)12-19-13-27-23(29-19)15-25(33-27)17-4-8-21(31-2)9-5-17/h4-16H,1-3H3/b19-12-. The van der Waals surface area contributed by atoms with Gasteiger partial charge >= 0.3 is 0 Å². The first-order valence-corrected chi connectivity index (χ1v) is 10.9. The highest BCUT2D eigenvalue weighted by Crippen LogP contribution is 2.31. The van der Waals surface area contributed by atoms with Gasteiger partial charge in [0.2, 0.25) is 0 Å². The molecule has 0 N–H and O–H groups in total. The van der Waals surface area contributed by atoms with E-state index < -0.39 is 0 Å². The summed E-state index contributed by atoms with van der Waals surface area (Å²) in [7, 11) is 5.34. The van der Waals surface area contributed by atoms with Gasteiger partial charge in [-0.1, -0.05) is 0 Å². The molecule has 34 heavy (non-hydrogen) atoms. The highest BCUT2D eigenvalue weighted by atomic mass is 16.5. The quantitative estimate of drug-likeness (QED) is 0.371. The first-order valence-electron chi connectivity index (χ1n) is 10.9. The number of ether oxygens (including phenoxy) is 2. The van der Waals surface area contributed by atoms with Gasteiger partial charge in [0.1, 0.15) is 28.4 Å². The second kappa shape index (κ2) is 7.85. The summed E-state index contributed by atoms with van der Waals surface area (Å²) < 4.78 is 24.7. The van der Waals surface area contributed by atoms with E-state index in [1.54, 1.807) is 14.2 Å². The molecule has 0 fully saturated rings. The molecule has 0 spiro atoms. The Morgan fingerprint density at radius 1 is 0.794 bits per heavy atom. The molecule has 6 nitrogen and oxygen atoms in total. The zero-order chi connectivity index (χ0) is 23.2. The van der Waals surface area contributed by atoms with Crippen LogP contribution in [0, 0.1) is 0 Å². The molecule has 0 radical (unpaired) electrons. The molecule has 3 aromatic heterocycles. The van der Waals surface area contributed by atoms with E-state index >= 15 is 0 Å². The number of aromatic nitrogens is 1. The summed E-state index contributed by atoms with van der Waals surface area (Å²) >= 11 is 0. The van der Waals surface area contributed by atoms with Crippen LogP contribution in [0.5, 0.6) is 11.5 Å². The number of fused-ring (bicyclic) bond motifs is 2. The lowest BCUT2D eigenvalue weighted by molar-refractivity contribution is 0.414. The van der Waals surface area contributed by atoms with E-state index in [2.05, 4.69) is 10.6 Å². The summed E-state index contributed by atoms with van der Waals surface area (Å²) in [5.41, 5.74) is 6.45. The maximum Gasteiger partial charge on any atom is 0.155 e. The van der Waals surface area contributed by atoms with Crippen LogP contribution in [0.2, 0.25) is 0 Å². The number of benzene rings is 2. The van der Waals surface area contributed by atoms with Gasteiger partial charge in [0.05, 0.1) is 25.4 Å². The average Bonchev–Trinajstić information content (AvgIpc) is 3.61. The van der Waals surface area contributed by atoms with Crippen molar-refractivity contribution in [1.29, 1.82) is 0 Å². The fourth-order valence-corrected chi connectivity index (χ4v) is 4.18. The lowest BCUT2D eigenvalue weighted by Gasteiger charge is -2.01. The number of furan rings is 2. The van der Waals surface area contributed by atoms with E-state index in [-0.39, 0.29) is 0 Å². The van der Waals surface area contributed by atoms with E-state index in [4.69, 9.17) is 23.3 Å². The summed E-state index contributed by atoms with van der Waals surface area (Å²) in [5, 5.41) is 0.830. The minimum absolute atomic E-state index is 0.761. The van der Waals surface area contributed by atoms with Crippen molar-refractivity contribution in [3.05, 3.63) is 88.9 Å². The van der Waals surface area contributed by atoms with E-state index in [0.717, 1.165) is 67.4 Å². The Kier molecular flexibility index (Phi) is 4.66. The molecule has 0 amide bonds. The molecule has 0 saturated heterocycles. The van der Waals surface area contributed by atoms with Crippen LogP contribution in [0.1, 0.15) is 5.69 Å². The topological polar surface area (TPSA) is 62.0 Å². The monoisotopic (exact) mass is 450 g/mol. The summed E-state index contributed by atoms with van der Waals surface area (Å²) in [4.78, 5) is 4.74. The van der Waals surface area contributed by atoms with Gasteiger partial charge in [0, 0.05) is 48.1 Å². The lowest BCUT2D eigenvalue weighted by Crippen LogP contribution is -2.14. The van der Waals surface area contributed by atoms with Gasteiger partial charge in [0.25, 0.3) is 0 Å². The van der Waals surface area contributed by atoms with Crippen molar-refractivity contribution >= 4 is 23.3 Å². The van der Waals surface area contributed by atoms with Gasteiger partial charge in [0.15, 0.2) is 11.0 Å². The van der Waals surface area contributed by atoms with E-state index in [1.165, 1.54) is 0 Å². The Labute approximate surface area is 195 Å². The molecule has 4 heterocycles. The molecule has 168 valence electrons. The Balaban J connectivity index is 1.28. The Morgan fingerprint density at radius 2 is 1.41 bits per heavy atom. The maximum absolute atomic E-state index is 6.12. The number of rotatable bonds is 5. The molecule has 6 heteroatoms. The van der Waals surface area contributed by atoms with Crippen molar-refractivity contribution in [3.63, 3.8) is 0 Å². The normalized spacial score (nSPS) is 13.7. The first-order chi connectivity index (χ1) is 16.6. The average molecular weight is 450 g/mol. The molecule has 0 aliphatic carbocycles. The summed E-state index contributed by atoms with van der Waals surface area (Å²) in [6.45, 7) is 0. The molecule has 0 bridgehead atoms. The van der Waals surface area contributed by atoms with Crippen LogP contribution in [0.3, 0.4) is 0 Å². The highest BCUT2D eigenvalue weighted by molar-refractivity contribution is 5.84. The fourth-order valence-electron chi connectivity index (χ4n) is 4.18. The zero-order valence-electron chi connectivity index (χ0n) is 19.0. The molecule has 1 aliphatic heterocycles. The highest BCUT2D eigenvalue weighted by Gasteiger charge is 2.14. The largest absolute Gasteiger partial charge is 0.497 e. The predicted octanol–water partition coefficient (Wildman–Crippen LogP) is 5.17. The third-order valence-electron chi connectivity index (χ3n) is 6.08. The summed E-state index contributed by atoms with van der Waals surface area (Å²) in [6, 6.07) is 21.7. The predicted molar refractivity (Wildman–Crippen MR) is 131 cm³/mol.